The molecule has 1 saturated carbocycles. The van der Waals surface area contributed by atoms with E-state index in [9.17, 15) is 0 Å². The van der Waals surface area contributed by atoms with Crippen LogP contribution in [0.15, 0.2) is 4.42 Å². The summed E-state index contributed by atoms with van der Waals surface area (Å²) in [6.07, 6.45) is 6.48. The Kier molecular flexibility index (Phi) is 4.99. The lowest BCUT2D eigenvalue weighted by atomic mass is 9.83. The minimum atomic E-state index is 0.125. The SMILES string of the molecule is CCCNC(C)c1nnc(NCCC2CCC2)o1. The van der Waals surface area contributed by atoms with E-state index in [2.05, 4.69) is 27.8 Å². The Labute approximate surface area is 109 Å². The zero-order chi connectivity index (χ0) is 12.8. The highest BCUT2D eigenvalue weighted by Crippen LogP contribution is 2.29. The maximum atomic E-state index is 5.58. The van der Waals surface area contributed by atoms with Crippen molar-refractivity contribution in [1.82, 2.24) is 15.5 Å². The Morgan fingerprint density at radius 3 is 2.83 bits per heavy atom. The number of rotatable bonds is 8. The summed E-state index contributed by atoms with van der Waals surface area (Å²) in [7, 11) is 0. The molecule has 1 aromatic rings. The van der Waals surface area contributed by atoms with Gasteiger partial charge in [0.25, 0.3) is 0 Å². The molecule has 102 valence electrons. The maximum Gasteiger partial charge on any atom is 0.315 e. The van der Waals surface area contributed by atoms with Crippen molar-refractivity contribution in [3.63, 3.8) is 0 Å². The Bertz CT molecular complexity index is 349. The summed E-state index contributed by atoms with van der Waals surface area (Å²) in [6.45, 7) is 6.08. The first-order chi connectivity index (χ1) is 8.79. The van der Waals surface area contributed by atoms with Crippen LogP contribution < -0.4 is 10.6 Å². The van der Waals surface area contributed by atoms with Crippen molar-refractivity contribution < 1.29 is 4.42 Å². The molecule has 1 aliphatic carbocycles. The van der Waals surface area contributed by atoms with E-state index < -0.39 is 0 Å². The molecule has 1 aromatic heterocycles. The van der Waals surface area contributed by atoms with Crippen LogP contribution in [0.4, 0.5) is 6.01 Å². The van der Waals surface area contributed by atoms with Gasteiger partial charge in [-0.25, -0.2) is 0 Å². The fourth-order valence-electron chi connectivity index (χ4n) is 2.09. The number of anilines is 1. The van der Waals surface area contributed by atoms with Crippen molar-refractivity contribution in [1.29, 1.82) is 0 Å². The van der Waals surface area contributed by atoms with Gasteiger partial charge >= 0.3 is 6.01 Å². The van der Waals surface area contributed by atoms with Gasteiger partial charge in [-0.3, -0.25) is 0 Å². The molecule has 5 heteroatoms. The fraction of sp³-hybridized carbons (Fsp3) is 0.846. The molecule has 0 aliphatic heterocycles. The van der Waals surface area contributed by atoms with Gasteiger partial charge in [0.05, 0.1) is 6.04 Å². The monoisotopic (exact) mass is 252 g/mol. The van der Waals surface area contributed by atoms with Gasteiger partial charge in [0.2, 0.25) is 5.89 Å². The second-order valence-electron chi connectivity index (χ2n) is 5.13. The van der Waals surface area contributed by atoms with E-state index in [1.165, 1.54) is 25.7 Å². The van der Waals surface area contributed by atoms with E-state index in [-0.39, 0.29) is 6.04 Å². The van der Waals surface area contributed by atoms with Crippen molar-refractivity contribution in [3.8, 4) is 0 Å². The smallest absolute Gasteiger partial charge is 0.315 e. The Morgan fingerprint density at radius 2 is 2.17 bits per heavy atom. The quantitative estimate of drug-likeness (QED) is 0.745. The summed E-state index contributed by atoms with van der Waals surface area (Å²) in [5.74, 6) is 1.57. The largest absolute Gasteiger partial charge is 0.406 e. The second-order valence-corrected chi connectivity index (χ2v) is 5.13. The van der Waals surface area contributed by atoms with Gasteiger partial charge in [-0.1, -0.05) is 31.3 Å². The third-order valence-electron chi connectivity index (χ3n) is 3.57. The summed E-state index contributed by atoms with van der Waals surface area (Å²) < 4.78 is 5.58. The van der Waals surface area contributed by atoms with Crippen molar-refractivity contribution in [2.24, 2.45) is 5.92 Å². The van der Waals surface area contributed by atoms with Crippen LogP contribution in [0.5, 0.6) is 0 Å². The van der Waals surface area contributed by atoms with Crippen molar-refractivity contribution >= 4 is 6.01 Å². The van der Waals surface area contributed by atoms with Crippen LogP contribution in [-0.2, 0) is 0 Å². The molecule has 2 N–H and O–H groups in total. The average Bonchev–Trinajstić information content (AvgIpc) is 2.78. The molecule has 0 spiro atoms. The molecule has 0 aromatic carbocycles. The minimum Gasteiger partial charge on any atom is -0.406 e. The van der Waals surface area contributed by atoms with Crippen molar-refractivity contribution in [2.75, 3.05) is 18.4 Å². The van der Waals surface area contributed by atoms with Gasteiger partial charge < -0.3 is 15.1 Å². The van der Waals surface area contributed by atoms with Crippen molar-refractivity contribution in [2.45, 2.75) is 52.0 Å². The topological polar surface area (TPSA) is 63.0 Å². The molecule has 1 atom stereocenters. The molecule has 0 bridgehead atoms. The summed E-state index contributed by atoms with van der Waals surface area (Å²) in [5, 5.41) is 14.6. The number of hydrogen-bond donors (Lipinski definition) is 2. The van der Waals surface area contributed by atoms with Crippen molar-refractivity contribution in [3.05, 3.63) is 5.89 Å². The fourth-order valence-corrected chi connectivity index (χ4v) is 2.09. The molecular formula is C13H24N4O. The summed E-state index contributed by atoms with van der Waals surface area (Å²) in [4.78, 5) is 0. The van der Waals surface area contributed by atoms with Gasteiger partial charge in [-0.15, -0.1) is 5.10 Å². The highest BCUT2D eigenvalue weighted by atomic mass is 16.4. The lowest BCUT2D eigenvalue weighted by molar-refractivity contribution is 0.302. The lowest BCUT2D eigenvalue weighted by Crippen LogP contribution is -2.19. The highest BCUT2D eigenvalue weighted by Gasteiger charge is 2.17. The van der Waals surface area contributed by atoms with E-state index in [0.717, 1.165) is 25.4 Å². The highest BCUT2D eigenvalue weighted by molar-refractivity contribution is 5.17. The lowest BCUT2D eigenvalue weighted by Gasteiger charge is -2.24. The summed E-state index contributed by atoms with van der Waals surface area (Å²) >= 11 is 0. The van der Waals surface area contributed by atoms with E-state index in [1.807, 2.05) is 6.92 Å². The number of hydrogen-bond acceptors (Lipinski definition) is 5. The van der Waals surface area contributed by atoms with Crippen LogP contribution in [0.3, 0.4) is 0 Å². The van der Waals surface area contributed by atoms with Gasteiger partial charge in [-0.05, 0) is 32.2 Å². The van der Waals surface area contributed by atoms with E-state index in [0.29, 0.717) is 11.9 Å². The van der Waals surface area contributed by atoms with Crippen LogP contribution in [0.1, 0.15) is 57.9 Å². The average molecular weight is 252 g/mol. The second kappa shape index (κ2) is 6.73. The first-order valence-corrected chi connectivity index (χ1v) is 7.10. The molecule has 1 heterocycles. The number of nitrogens with one attached hydrogen (secondary N) is 2. The van der Waals surface area contributed by atoms with Crippen LogP contribution in [-0.4, -0.2) is 23.3 Å². The molecule has 1 unspecified atom stereocenters. The Balaban J connectivity index is 1.70. The zero-order valence-electron chi connectivity index (χ0n) is 11.4. The predicted molar refractivity (Wildman–Crippen MR) is 71.5 cm³/mol. The zero-order valence-corrected chi connectivity index (χ0v) is 11.4. The van der Waals surface area contributed by atoms with Gasteiger partial charge in [0.15, 0.2) is 0 Å². The molecule has 1 aliphatic rings. The minimum absolute atomic E-state index is 0.125. The first-order valence-electron chi connectivity index (χ1n) is 7.10. The normalized spacial score (nSPS) is 17.4. The van der Waals surface area contributed by atoms with E-state index in [4.69, 9.17) is 4.42 Å². The van der Waals surface area contributed by atoms with E-state index >= 15 is 0 Å². The number of aromatic nitrogens is 2. The Hall–Kier alpha value is -1.10. The predicted octanol–water partition coefficient (Wildman–Crippen LogP) is 2.73. The Morgan fingerprint density at radius 1 is 1.33 bits per heavy atom. The molecular weight excluding hydrogens is 228 g/mol. The summed E-state index contributed by atoms with van der Waals surface area (Å²) in [6, 6.07) is 0.675. The van der Waals surface area contributed by atoms with Crippen LogP contribution in [0.25, 0.3) is 0 Å². The third-order valence-corrected chi connectivity index (χ3v) is 3.57. The molecule has 2 rings (SSSR count). The van der Waals surface area contributed by atoms with Gasteiger partial charge in [0.1, 0.15) is 0 Å². The van der Waals surface area contributed by atoms with Crippen LogP contribution >= 0.6 is 0 Å². The third kappa shape index (κ3) is 3.70. The van der Waals surface area contributed by atoms with E-state index in [1.54, 1.807) is 0 Å². The molecule has 0 saturated heterocycles. The molecule has 5 nitrogen and oxygen atoms in total. The first kappa shape index (κ1) is 13.3. The van der Waals surface area contributed by atoms with Crippen LogP contribution in [0, 0.1) is 5.92 Å². The van der Waals surface area contributed by atoms with Crippen LogP contribution in [0.2, 0.25) is 0 Å². The standard InChI is InChI=1S/C13H24N4O/c1-3-8-14-10(2)12-16-17-13(18-12)15-9-7-11-5-4-6-11/h10-11,14H,3-9H2,1-2H3,(H,15,17). The molecule has 0 amide bonds. The van der Waals surface area contributed by atoms with Gasteiger partial charge in [0, 0.05) is 6.54 Å². The summed E-state index contributed by atoms with van der Waals surface area (Å²) in [5.41, 5.74) is 0. The van der Waals surface area contributed by atoms with Gasteiger partial charge in [-0.2, -0.15) is 0 Å². The molecule has 0 radical (unpaired) electrons. The molecule has 18 heavy (non-hydrogen) atoms. The number of nitrogens with zero attached hydrogens (tertiary/aromatic N) is 2. The maximum absolute atomic E-state index is 5.58. The molecule has 1 fully saturated rings.